The van der Waals surface area contributed by atoms with Crippen molar-refractivity contribution in [1.82, 2.24) is 0 Å². The predicted octanol–water partition coefficient (Wildman–Crippen LogP) is 2.42. The van der Waals surface area contributed by atoms with Gasteiger partial charge in [0.25, 0.3) is 0 Å². The number of benzene rings is 1. The molecule has 3 N–H and O–H groups in total. The van der Waals surface area contributed by atoms with E-state index in [0.29, 0.717) is 12.5 Å². The Morgan fingerprint density at radius 1 is 1.47 bits per heavy atom. The molecule has 0 spiro atoms. The molecular weight excluding hydrogens is 226 g/mol. The number of rotatable bonds is 5. The maximum atomic E-state index is 13.2. The largest absolute Gasteiger partial charge is 0.322 e. The van der Waals surface area contributed by atoms with Crippen molar-refractivity contribution in [2.24, 2.45) is 5.73 Å². The summed E-state index contributed by atoms with van der Waals surface area (Å²) < 4.78 is 25.9. The first-order valence-corrected chi connectivity index (χ1v) is 5.56. The molecule has 0 radical (unpaired) electrons. The molecule has 3 nitrogen and oxygen atoms in total. The lowest BCUT2D eigenvalue weighted by Gasteiger charge is -2.12. The van der Waals surface area contributed by atoms with Gasteiger partial charge in [-0.05, 0) is 18.6 Å². The molecule has 0 aliphatic heterocycles. The predicted molar refractivity (Wildman–Crippen MR) is 62.5 cm³/mol. The van der Waals surface area contributed by atoms with Crippen LogP contribution in [0.15, 0.2) is 18.2 Å². The van der Waals surface area contributed by atoms with E-state index < -0.39 is 23.6 Å². The second-order valence-electron chi connectivity index (χ2n) is 3.86. The van der Waals surface area contributed by atoms with Crippen LogP contribution in [0.2, 0.25) is 0 Å². The van der Waals surface area contributed by atoms with Gasteiger partial charge >= 0.3 is 0 Å². The summed E-state index contributed by atoms with van der Waals surface area (Å²) in [7, 11) is 0. The second kappa shape index (κ2) is 6.30. The van der Waals surface area contributed by atoms with Gasteiger partial charge in [0, 0.05) is 6.07 Å². The Hall–Kier alpha value is -1.49. The van der Waals surface area contributed by atoms with Crippen molar-refractivity contribution in [3.8, 4) is 0 Å². The van der Waals surface area contributed by atoms with Gasteiger partial charge in [-0.2, -0.15) is 0 Å². The van der Waals surface area contributed by atoms with E-state index in [1.54, 1.807) is 0 Å². The van der Waals surface area contributed by atoms with Gasteiger partial charge in [0.05, 0.1) is 11.7 Å². The molecule has 0 heterocycles. The Balaban J connectivity index is 2.61. The normalized spacial score (nSPS) is 12.2. The van der Waals surface area contributed by atoms with Crippen molar-refractivity contribution in [3.05, 3.63) is 29.8 Å². The highest BCUT2D eigenvalue weighted by atomic mass is 19.1. The van der Waals surface area contributed by atoms with Crippen molar-refractivity contribution in [2.75, 3.05) is 5.32 Å². The topological polar surface area (TPSA) is 55.1 Å². The van der Waals surface area contributed by atoms with Crippen molar-refractivity contribution in [1.29, 1.82) is 0 Å². The minimum Gasteiger partial charge on any atom is -0.322 e. The van der Waals surface area contributed by atoms with Crippen LogP contribution in [-0.4, -0.2) is 11.9 Å². The van der Waals surface area contributed by atoms with Gasteiger partial charge in [0.15, 0.2) is 0 Å². The third kappa shape index (κ3) is 4.11. The minimum absolute atomic E-state index is 0.0525. The molecule has 0 aliphatic carbocycles. The molecule has 1 unspecified atom stereocenters. The van der Waals surface area contributed by atoms with Crippen LogP contribution in [0.5, 0.6) is 0 Å². The molecule has 1 aromatic rings. The summed E-state index contributed by atoms with van der Waals surface area (Å²) in [5, 5.41) is 2.34. The monoisotopic (exact) mass is 242 g/mol. The van der Waals surface area contributed by atoms with Crippen LogP contribution < -0.4 is 11.1 Å². The standard InChI is InChI=1S/C12H16F2N2O/c1-2-3-4-10(15)12(17)16-11-6-5-8(13)7-9(11)14/h5-7,10H,2-4,15H2,1H3,(H,16,17). The van der Waals surface area contributed by atoms with E-state index in [-0.39, 0.29) is 5.69 Å². The smallest absolute Gasteiger partial charge is 0.241 e. The quantitative estimate of drug-likeness (QED) is 0.833. The summed E-state index contributed by atoms with van der Waals surface area (Å²) in [6.07, 6.45) is 2.32. The fourth-order valence-electron chi connectivity index (χ4n) is 1.37. The number of nitrogens with two attached hydrogens (primary N) is 1. The number of nitrogens with one attached hydrogen (secondary N) is 1. The number of carbonyl (C=O) groups excluding carboxylic acids is 1. The molecular formula is C12H16F2N2O. The molecule has 1 rings (SSSR count). The Morgan fingerprint density at radius 2 is 2.18 bits per heavy atom. The maximum Gasteiger partial charge on any atom is 0.241 e. The molecule has 5 heteroatoms. The van der Waals surface area contributed by atoms with E-state index in [9.17, 15) is 13.6 Å². The lowest BCUT2D eigenvalue weighted by atomic mass is 10.1. The molecule has 0 saturated heterocycles. The van der Waals surface area contributed by atoms with Crippen LogP contribution in [0.1, 0.15) is 26.2 Å². The highest BCUT2D eigenvalue weighted by Crippen LogP contribution is 2.15. The summed E-state index contributed by atoms with van der Waals surface area (Å²) in [6, 6.07) is 2.30. The van der Waals surface area contributed by atoms with Crippen molar-refractivity contribution in [3.63, 3.8) is 0 Å². The van der Waals surface area contributed by atoms with Crippen LogP contribution in [0.3, 0.4) is 0 Å². The molecule has 0 bridgehead atoms. The number of halogens is 2. The van der Waals surface area contributed by atoms with Gasteiger partial charge in [-0.25, -0.2) is 8.78 Å². The van der Waals surface area contributed by atoms with E-state index in [0.717, 1.165) is 18.9 Å². The number of amides is 1. The molecule has 1 amide bonds. The van der Waals surface area contributed by atoms with Crippen molar-refractivity contribution >= 4 is 11.6 Å². The number of carbonyl (C=O) groups is 1. The Morgan fingerprint density at radius 3 is 2.76 bits per heavy atom. The summed E-state index contributed by atoms with van der Waals surface area (Å²) in [6.45, 7) is 1.99. The average molecular weight is 242 g/mol. The zero-order chi connectivity index (χ0) is 12.8. The minimum atomic E-state index is -0.805. The summed E-state index contributed by atoms with van der Waals surface area (Å²) in [4.78, 5) is 11.6. The van der Waals surface area contributed by atoms with Gasteiger partial charge in [0.1, 0.15) is 11.6 Å². The lowest BCUT2D eigenvalue weighted by molar-refractivity contribution is -0.117. The van der Waals surface area contributed by atoms with E-state index in [1.165, 1.54) is 6.07 Å². The van der Waals surface area contributed by atoms with Crippen LogP contribution >= 0.6 is 0 Å². The SMILES string of the molecule is CCCCC(N)C(=O)Nc1ccc(F)cc1F. The van der Waals surface area contributed by atoms with Gasteiger partial charge in [-0.3, -0.25) is 4.79 Å². The molecule has 94 valence electrons. The third-order valence-electron chi connectivity index (χ3n) is 2.39. The maximum absolute atomic E-state index is 13.2. The van der Waals surface area contributed by atoms with Gasteiger partial charge in [-0.1, -0.05) is 19.8 Å². The highest BCUT2D eigenvalue weighted by Gasteiger charge is 2.14. The summed E-state index contributed by atoms with van der Waals surface area (Å²) in [5.41, 5.74) is 5.57. The van der Waals surface area contributed by atoms with Crippen LogP contribution in [0.25, 0.3) is 0 Å². The van der Waals surface area contributed by atoms with E-state index in [1.807, 2.05) is 6.92 Å². The second-order valence-corrected chi connectivity index (χ2v) is 3.86. The molecule has 0 aliphatic rings. The van der Waals surface area contributed by atoms with Gasteiger partial charge in [-0.15, -0.1) is 0 Å². The van der Waals surface area contributed by atoms with E-state index in [4.69, 9.17) is 5.73 Å². The molecule has 1 aromatic carbocycles. The highest BCUT2D eigenvalue weighted by molar-refractivity contribution is 5.94. The zero-order valence-corrected chi connectivity index (χ0v) is 9.67. The van der Waals surface area contributed by atoms with E-state index in [2.05, 4.69) is 5.32 Å². The first-order valence-electron chi connectivity index (χ1n) is 5.56. The summed E-state index contributed by atoms with van der Waals surface area (Å²) >= 11 is 0. The van der Waals surface area contributed by atoms with Crippen LogP contribution in [0.4, 0.5) is 14.5 Å². The Kier molecular flexibility index (Phi) is 5.03. The Labute approximate surface area is 99.0 Å². The first kappa shape index (κ1) is 13.6. The van der Waals surface area contributed by atoms with Crippen molar-refractivity contribution < 1.29 is 13.6 Å². The summed E-state index contributed by atoms with van der Waals surface area (Å²) in [5.74, 6) is -1.94. The molecule has 0 saturated carbocycles. The van der Waals surface area contributed by atoms with Crippen molar-refractivity contribution in [2.45, 2.75) is 32.2 Å². The average Bonchev–Trinajstić information content (AvgIpc) is 2.29. The van der Waals surface area contributed by atoms with Gasteiger partial charge in [0.2, 0.25) is 5.91 Å². The first-order chi connectivity index (χ1) is 8.04. The number of unbranched alkanes of at least 4 members (excludes halogenated alkanes) is 1. The van der Waals surface area contributed by atoms with Crippen LogP contribution in [-0.2, 0) is 4.79 Å². The number of hydrogen-bond donors (Lipinski definition) is 2. The molecule has 0 fully saturated rings. The molecule has 1 atom stereocenters. The zero-order valence-electron chi connectivity index (χ0n) is 9.67. The molecule has 17 heavy (non-hydrogen) atoms. The Bertz CT molecular complexity index is 396. The fourth-order valence-corrected chi connectivity index (χ4v) is 1.37. The van der Waals surface area contributed by atoms with Gasteiger partial charge < -0.3 is 11.1 Å². The number of hydrogen-bond acceptors (Lipinski definition) is 2. The lowest BCUT2D eigenvalue weighted by Crippen LogP contribution is -2.35. The van der Waals surface area contributed by atoms with Crippen LogP contribution in [0, 0.1) is 11.6 Å². The van der Waals surface area contributed by atoms with E-state index >= 15 is 0 Å². The fraction of sp³-hybridized carbons (Fsp3) is 0.417. The molecule has 0 aromatic heterocycles. The number of anilines is 1. The third-order valence-corrected chi connectivity index (χ3v) is 2.39.